The molecule has 3 aromatic carbocycles. The van der Waals surface area contributed by atoms with Gasteiger partial charge in [-0.1, -0.05) is 45.0 Å². The Balaban J connectivity index is 0.952. The Labute approximate surface area is 358 Å². The number of rotatable bonds is 11. The molecule has 4 fully saturated rings. The maximum Gasteiger partial charge on any atom is 0.407 e. The number of nitrogens with one attached hydrogen (secondary N) is 4. The van der Waals surface area contributed by atoms with Crippen molar-refractivity contribution in [2.75, 3.05) is 21.3 Å². The molecule has 2 bridgehead atoms. The number of carbonyl (C=O) groups excluding carboxylic acids is 4. The number of alkyl carbamates (subject to hydrolysis) is 2. The first-order valence-electron chi connectivity index (χ1n) is 21.4. The van der Waals surface area contributed by atoms with E-state index in [1.165, 1.54) is 27.4 Å². The van der Waals surface area contributed by atoms with Crippen LogP contribution in [0.3, 0.4) is 0 Å². The highest BCUT2D eigenvalue weighted by Crippen LogP contribution is 2.58. The molecule has 4 amide bonds. The number of aromatic nitrogens is 4. The van der Waals surface area contributed by atoms with Crippen LogP contribution >= 0.6 is 0 Å². The van der Waals surface area contributed by atoms with Gasteiger partial charge in [-0.25, -0.2) is 23.9 Å². The van der Waals surface area contributed by atoms with Gasteiger partial charge in [-0.3, -0.25) is 9.59 Å². The molecule has 0 spiro atoms. The van der Waals surface area contributed by atoms with Crippen molar-refractivity contribution in [1.82, 2.24) is 40.4 Å². The highest BCUT2D eigenvalue weighted by molar-refractivity contribution is 6.05. The van der Waals surface area contributed by atoms with Crippen LogP contribution in [0.15, 0.2) is 54.7 Å². The molecule has 2 saturated carbocycles. The number of aromatic amines is 2. The fourth-order valence-electron chi connectivity index (χ4n) is 10.5. The number of benzene rings is 3. The molecule has 2 aromatic heterocycles. The van der Waals surface area contributed by atoms with Crippen LogP contribution in [0, 0.1) is 29.5 Å². The number of piperidine rings is 2. The number of amides is 4. The zero-order chi connectivity index (χ0) is 43.7. The molecule has 0 radical (unpaired) electrons. The van der Waals surface area contributed by atoms with Crippen LogP contribution in [0.5, 0.6) is 0 Å². The van der Waals surface area contributed by atoms with Crippen LogP contribution in [0.25, 0.3) is 44.2 Å². The normalized spacial score (nSPS) is 25.2. The molecule has 16 heteroatoms. The van der Waals surface area contributed by atoms with Gasteiger partial charge in [-0.2, -0.15) is 0 Å². The largest absolute Gasteiger partial charge is 0.453 e. The van der Waals surface area contributed by atoms with Crippen molar-refractivity contribution in [3.63, 3.8) is 0 Å². The second kappa shape index (κ2) is 16.0. The average molecular weight is 849 g/mol. The van der Waals surface area contributed by atoms with Crippen LogP contribution in [0.2, 0.25) is 0 Å². The summed E-state index contributed by atoms with van der Waals surface area (Å²) in [5, 5.41) is 7.29. The van der Waals surface area contributed by atoms with Crippen molar-refractivity contribution >= 4 is 45.8 Å². The smallest absolute Gasteiger partial charge is 0.407 e. The third-order valence-electron chi connectivity index (χ3n) is 14.0. The summed E-state index contributed by atoms with van der Waals surface area (Å²) >= 11 is 0. The van der Waals surface area contributed by atoms with Crippen molar-refractivity contribution in [2.45, 2.75) is 95.7 Å². The Morgan fingerprint density at radius 2 is 1.55 bits per heavy atom. The number of imidazole rings is 2. The van der Waals surface area contributed by atoms with Crippen molar-refractivity contribution in [2.24, 2.45) is 23.7 Å². The van der Waals surface area contributed by atoms with Gasteiger partial charge in [-0.05, 0) is 97.1 Å². The van der Waals surface area contributed by atoms with Crippen molar-refractivity contribution in [3.05, 3.63) is 72.2 Å². The van der Waals surface area contributed by atoms with Gasteiger partial charge in [0.15, 0.2) is 0 Å². The van der Waals surface area contributed by atoms with Crippen molar-refractivity contribution in [1.29, 1.82) is 0 Å². The van der Waals surface area contributed by atoms with Gasteiger partial charge in [-0.15, -0.1) is 0 Å². The number of nitrogens with zero attached hydrogens (tertiary/aromatic N) is 4. The van der Waals surface area contributed by atoms with E-state index < -0.39 is 36.2 Å². The molecule has 2 saturated heterocycles. The number of H-pyrrole nitrogens is 2. The first-order chi connectivity index (χ1) is 29.8. The minimum atomic E-state index is -0.955. The molecular weight excluding hydrogens is 796 g/mol. The molecule has 62 heavy (non-hydrogen) atoms. The van der Waals surface area contributed by atoms with E-state index in [0.29, 0.717) is 40.3 Å². The number of carbonyl (C=O) groups is 4. The van der Waals surface area contributed by atoms with Crippen LogP contribution in [0.4, 0.5) is 14.0 Å². The number of ether oxygens (including phenoxy) is 3. The average Bonchev–Trinajstić information content (AvgIpc) is 4.00. The predicted molar refractivity (Wildman–Crippen MR) is 228 cm³/mol. The second-order valence-electron chi connectivity index (χ2n) is 17.7. The lowest BCUT2D eigenvalue weighted by molar-refractivity contribution is -0.141. The summed E-state index contributed by atoms with van der Waals surface area (Å²) in [4.78, 5) is 72.8. The topological polar surface area (TPSA) is 184 Å². The zero-order valence-electron chi connectivity index (χ0n) is 35.9. The summed E-state index contributed by atoms with van der Waals surface area (Å²) in [7, 11) is 4.03. The molecule has 2 aliphatic heterocycles. The summed E-state index contributed by atoms with van der Waals surface area (Å²) in [6.07, 6.45) is 3.03. The predicted octanol–water partition coefficient (Wildman–Crippen LogP) is 7.01. The molecule has 10 atom stereocenters. The summed E-state index contributed by atoms with van der Waals surface area (Å²) in [6.45, 7) is 7.70. The Morgan fingerprint density at radius 3 is 2.26 bits per heavy atom. The van der Waals surface area contributed by atoms with Crippen LogP contribution in [-0.4, -0.2) is 105 Å². The molecule has 5 aromatic rings. The monoisotopic (exact) mass is 848 g/mol. The van der Waals surface area contributed by atoms with Gasteiger partial charge < -0.3 is 44.6 Å². The molecule has 4 aliphatic rings. The van der Waals surface area contributed by atoms with E-state index in [0.717, 1.165) is 53.1 Å². The Hall–Kier alpha value is -6.03. The molecule has 4 heterocycles. The maximum absolute atomic E-state index is 16.1. The highest BCUT2D eigenvalue weighted by atomic mass is 19.1. The third-order valence-corrected chi connectivity index (χ3v) is 14.0. The van der Waals surface area contributed by atoms with Gasteiger partial charge in [0.2, 0.25) is 11.8 Å². The van der Waals surface area contributed by atoms with Crippen molar-refractivity contribution in [3.8, 4) is 22.4 Å². The number of halogens is 1. The van der Waals surface area contributed by atoms with Crippen molar-refractivity contribution < 1.29 is 37.8 Å². The SMILES string of the molecule is COC(=O)N[C@H](C(=O)N1C2C(C[C@H]1c1nc3ccc4cc(-c5ccc(-c6cnc([C@@H]7[C@H]8CC[C@H](C8)N7C(=O)[C@@H](NC(=O)OC)[C@@H](C)OC)[nH]6)c(F)c5)ccc4c3[nH]1)[C@H]2C)C(C)C. The lowest BCUT2D eigenvalue weighted by Gasteiger charge is -2.37. The van der Waals surface area contributed by atoms with E-state index >= 15 is 4.39 Å². The van der Waals surface area contributed by atoms with Gasteiger partial charge in [0.1, 0.15) is 29.5 Å². The fourth-order valence-corrected chi connectivity index (χ4v) is 10.5. The van der Waals surface area contributed by atoms with Gasteiger partial charge in [0.25, 0.3) is 0 Å². The minimum absolute atomic E-state index is 0.00923. The summed E-state index contributed by atoms with van der Waals surface area (Å²) in [5.41, 5.74) is 4.03. The number of hydrogen-bond donors (Lipinski definition) is 4. The molecule has 326 valence electrons. The summed E-state index contributed by atoms with van der Waals surface area (Å²) in [5.74, 6) is 1.23. The number of likely N-dealkylation sites (tertiary alicyclic amines) is 2. The number of methoxy groups -OCH3 is 3. The lowest BCUT2D eigenvalue weighted by atomic mass is 9.96. The van der Waals surface area contributed by atoms with Gasteiger partial charge >= 0.3 is 12.2 Å². The van der Waals surface area contributed by atoms with E-state index in [1.807, 2.05) is 60.0 Å². The summed E-state index contributed by atoms with van der Waals surface area (Å²) in [6, 6.07) is 12.9. The Bertz CT molecular complexity index is 2570. The maximum atomic E-state index is 16.1. The molecule has 4 N–H and O–H groups in total. The van der Waals surface area contributed by atoms with E-state index in [-0.39, 0.29) is 47.8 Å². The lowest BCUT2D eigenvalue weighted by Crippen LogP contribution is -2.56. The number of hydrogen-bond acceptors (Lipinski definition) is 9. The quantitative estimate of drug-likeness (QED) is 0.109. The second-order valence-corrected chi connectivity index (χ2v) is 17.7. The molecule has 2 aliphatic carbocycles. The first-order valence-corrected chi connectivity index (χ1v) is 21.4. The third kappa shape index (κ3) is 7.01. The van der Waals surface area contributed by atoms with E-state index in [4.69, 9.17) is 19.2 Å². The van der Waals surface area contributed by atoms with Crippen LogP contribution in [-0.2, 0) is 23.8 Å². The zero-order valence-corrected chi connectivity index (χ0v) is 35.9. The molecule has 15 nitrogen and oxygen atoms in total. The summed E-state index contributed by atoms with van der Waals surface area (Å²) < 4.78 is 31.2. The Morgan fingerprint density at radius 1 is 0.839 bits per heavy atom. The van der Waals surface area contributed by atoms with E-state index in [2.05, 4.69) is 32.5 Å². The standard InChI is InChI=1S/C46H53FN8O7/c1-21(2)36(52-45(58)61-6)43(56)55-35(19-31-22(3)39(31)55)41-49-33-15-11-26-16-24(9-13-29(26)38(33)51-41)25-10-14-30(32(47)18-25)34-20-48-42(50-34)40-27-8-12-28(17-27)54(40)44(57)37(23(4)60-5)53-46(59)62-7/h9-11,13-16,18,20-23,27-28,31,35-37,39-40H,8,12,17,19H2,1-7H3,(H,48,50)(H,49,51)(H,52,58)(H,53,59)/t22-,23-,27+,28-,31?,35+,36+,37+,39?,40+/m1/s1. The van der Waals surface area contributed by atoms with Gasteiger partial charge in [0.05, 0.1) is 55.3 Å². The molecule has 2 unspecified atom stereocenters. The molecular formula is C46H53FN8O7. The fraction of sp³-hybridized carbons (Fsp3) is 0.478. The Kier molecular flexibility index (Phi) is 10.7. The van der Waals surface area contributed by atoms with E-state index in [9.17, 15) is 19.2 Å². The van der Waals surface area contributed by atoms with E-state index in [1.54, 1.807) is 19.2 Å². The minimum Gasteiger partial charge on any atom is -0.453 e. The van der Waals surface area contributed by atoms with Crippen LogP contribution < -0.4 is 10.6 Å². The number of fused-ring (bicyclic) bond motifs is 6. The first kappa shape index (κ1) is 41.3. The molecule has 9 rings (SSSR count). The van der Waals surface area contributed by atoms with Crippen LogP contribution in [0.1, 0.15) is 77.1 Å². The highest BCUT2D eigenvalue weighted by Gasteiger charge is 2.61. The van der Waals surface area contributed by atoms with Gasteiger partial charge in [0, 0.05) is 30.1 Å².